The fourth-order valence-corrected chi connectivity index (χ4v) is 3.61. The number of carboxylic acid groups (broad SMARTS) is 1. The molecule has 2 aromatic carbocycles. The Balaban J connectivity index is 0.00000208. The molecule has 3 rings (SSSR count). The number of rotatable bonds is 4. The first kappa shape index (κ1) is 19.7. The van der Waals surface area contributed by atoms with E-state index < -0.39 is 5.97 Å². The van der Waals surface area contributed by atoms with Crippen LogP contribution >= 0.6 is 27.7 Å². The number of fused-ring (bicyclic) bond motifs is 1. The number of carbonyl (C=O) groups is 1. The number of carboxylic acids is 1. The second kappa shape index (κ2) is 8.62. The molecule has 1 aromatic heterocycles. The number of halogens is 1. The summed E-state index contributed by atoms with van der Waals surface area (Å²) in [6.07, 6.45) is 1.62. The number of nitrogens with zero attached hydrogens (tertiary/aromatic N) is 3. The van der Waals surface area contributed by atoms with E-state index in [1.807, 2.05) is 34.9 Å². The van der Waals surface area contributed by atoms with E-state index in [0.29, 0.717) is 15.3 Å². The smallest absolute Gasteiger partial charge is 0.549 e. The molecule has 1 heterocycles. The van der Waals surface area contributed by atoms with Gasteiger partial charge in [0.25, 0.3) is 0 Å². The maximum absolute atomic E-state index is 10.7. The second-order valence-corrected chi connectivity index (χ2v) is 6.40. The molecule has 0 radical (unpaired) electrons. The molecule has 5 nitrogen and oxygen atoms in total. The first-order valence-corrected chi connectivity index (χ1v) is 8.38. The van der Waals surface area contributed by atoms with E-state index in [1.54, 1.807) is 12.3 Å². The van der Waals surface area contributed by atoms with Crippen LogP contribution < -0.4 is 56.5 Å². The molecule has 24 heavy (non-hydrogen) atoms. The number of carbonyl (C=O) groups excluding carboxylic acids is 1. The van der Waals surface area contributed by atoms with Crippen molar-refractivity contribution in [3.8, 4) is 11.8 Å². The Morgan fingerprint density at radius 3 is 2.67 bits per heavy atom. The van der Waals surface area contributed by atoms with Crippen molar-refractivity contribution in [1.82, 2.24) is 9.55 Å². The van der Waals surface area contributed by atoms with Gasteiger partial charge in [0.15, 0.2) is 5.16 Å². The van der Waals surface area contributed by atoms with Crippen LogP contribution in [-0.2, 0) is 4.79 Å². The summed E-state index contributed by atoms with van der Waals surface area (Å²) in [5, 5.41) is 22.2. The Kier molecular flexibility index (Phi) is 7.06. The van der Waals surface area contributed by atoms with Crippen LogP contribution in [-0.4, -0.2) is 21.3 Å². The summed E-state index contributed by atoms with van der Waals surface area (Å²) >= 11 is 4.53. The summed E-state index contributed by atoms with van der Waals surface area (Å²) in [7, 11) is 0. The molecule has 0 atom stereocenters. The van der Waals surface area contributed by atoms with Crippen molar-refractivity contribution in [2.75, 3.05) is 5.75 Å². The minimum atomic E-state index is -1.15. The zero-order valence-corrected chi connectivity index (χ0v) is 18.2. The van der Waals surface area contributed by atoms with Gasteiger partial charge in [-0.15, -0.1) is 0 Å². The third kappa shape index (κ3) is 3.94. The van der Waals surface area contributed by atoms with Gasteiger partial charge in [0.1, 0.15) is 4.60 Å². The standard InChI is InChI=1S/C16H10BrN3O2S.K/c17-14-8-19-16(23-9-15(21)22)20(14)13-6-5-10(7-18)11-3-1-2-4-12(11)13;/h1-6,8H,9H2,(H,21,22);/q;+1/p-1. The Hall–Kier alpha value is -0.664. The van der Waals surface area contributed by atoms with Crippen molar-refractivity contribution in [2.45, 2.75) is 5.16 Å². The van der Waals surface area contributed by atoms with Crippen molar-refractivity contribution in [2.24, 2.45) is 0 Å². The van der Waals surface area contributed by atoms with Gasteiger partial charge >= 0.3 is 51.4 Å². The number of nitriles is 1. The molecule has 0 aliphatic carbocycles. The van der Waals surface area contributed by atoms with Crippen molar-refractivity contribution in [3.05, 3.63) is 52.8 Å². The summed E-state index contributed by atoms with van der Waals surface area (Å²) < 4.78 is 2.52. The molecular weight excluding hydrogens is 417 g/mol. The fraction of sp³-hybridized carbons (Fsp3) is 0.0625. The molecule has 8 heteroatoms. The summed E-state index contributed by atoms with van der Waals surface area (Å²) in [5.74, 6) is -1.33. The molecule has 0 amide bonds. The third-order valence-electron chi connectivity index (χ3n) is 3.27. The molecule has 0 saturated heterocycles. The van der Waals surface area contributed by atoms with Crippen LogP contribution in [0.3, 0.4) is 0 Å². The zero-order chi connectivity index (χ0) is 16.4. The molecule has 0 unspecified atom stereocenters. The van der Waals surface area contributed by atoms with Crippen LogP contribution in [0.2, 0.25) is 0 Å². The molecule has 0 aliphatic rings. The average molecular weight is 426 g/mol. The van der Waals surface area contributed by atoms with Gasteiger partial charge in [-0.25, -0.2) is 4.98 Å². The summed E-state index contributed by atoms with van der Waals surface area (Å²) in [6, 6.07) is 13.3. The number of benzene rings is 2. The van der Waals surface area contributed by atoms with Gasteiger partial charge < -0.3 is 9.90 Å². The van der Waals surface area contributed by atoms with Crippen LogP contribution in [0.4, 0.5) is 0 Å². The van der Waals surface area contributed by atoms with Crippen molar-refractivity contribution < 1.29 is 61.3 Å². The Labute approximate surface area is 193 Å². The van der Waals surface area contributed by atoms with E-state index in [-0.39, 0.29) is 57.1 Å². The molecule has 0 bridgehead atoms. The fourth-order valence-electron chi connectivity index (χ4n) is 2.33. The number of aliphatic carboxylic acids is 1. The molecule has 0 saturated carbocycles. The van der Waals surface area contributed by atoms with Crippen LogP contribution in [0.15, 0.2) is 52.4 Å². The number of thioether (sulfide) groups is 1. The Bertz CT molecular complexity index is 952. The van der Waals surface area contributed by atoms with Crippen LogP contribution in [0.25, 0.3) is 16.5 Å². The Morgan fingerprint density at radius 1 is 1.29 bits per heavy atom. The van der Waals surface area contributed by atoms with Gasteiger partial charge in [-0.2, -0.15) is 5.26 Å². The van der Waals surface area contributed by atoms with E-state index in [0.717, 1.165) is 28.2 Å². The second-order valence-electron chi connectivity index (χ2n) is 4.65. The Morgan fingerprint density at radius 2 is 2.00 bits per heavy atom. The molecule has 0 N–H and O–H groups in total. The molecule has 0 spiro atoms. The van der Waals surface area contributed by atoms with Gasteiger partial charge in [-0.05, 0) is 28.1 Å². The monoisotopic (exact) mass is 425 g/mol. The van der Waals surface area contributed by atoms with E-state index in [1.165, 1.54) is 0 Å². The number of hydrogen-bond donors (Lipinski definition) is 0. The van der Waals surface area contributed by atoms with Gasteiger partial charge in [-0.1, -0.05) is 36.0 Å². The predicted octanol–water partition coefficient (Wildman–Crippen LogP) is -0.494. The average Bonchev–Trinajstić information content (AvgIpc) is 2.92. The summed E-state index contributed by atoms with van der Waals surface area (Å²) in [5.41, 5.74) is 1.41. The molecule has 0 fully saturated rings. The van der Waals surface area contributed by atoms with Crippen LogP contribution in [0.5, 0.6) is 0 Å². The van der Waals surface area contributed by atoms with Crippen molar-refractivity contribution in [1.29, 1.82) is 5.26 Å². The van der Waals surface area contributed by atoms with Gasteiger partial charge in [-0.3, -0.25) is 4.57 Å². The minimum absolute atomic E-state index is 0. The van der Waals surface area contributed by atoms with Crippen LogP contribution in [0, 0.1) is 11.3 Å². The van der Waals surface area contributed by atoms with E-state index in [2.05, 4.69) is 27.0 Å². The zero-order valence-electron chi connectivity index (χ0n) is 12.7. The van der Waals surface area contributed by atoms with Gasteiger partial charge in [0, 0.05) is 16.5 Å². The maximum Gasteiger partial charge on any atom is 1.00 e. The minimum Gasteiger partial charge on any atom is -0.549 e. The van der Waals surface area contributed by atoms with Gasteiger partial charge in [0.05, 0.1) is 29.5 Å². The first-order valence-electron chi connectivity index (χ1n) is 6.60. The molecule has 114 valence electrons. The number of imidazole rings is 1. The molecular formula is C16H9BrKN3O2S. The molecule has 3 aromatic rings. The molecule has 0 aliphatic heterocycles. The van der Waals surface area contributed by atoms with Gasteiger partial charge in [0.2, 0.25) is 0 Å². The van der Waals surface area contributed by atoms with E-state index >= 15 is 0 Å². The van der Waals surface area contributed by atoms with E-state index in [4.69, 9.17) is 0 Å². The largest absolute Gasteiger partial charge is 1.00 e. The topological polar surface area (TPSA) is 81.7 Å². The van der Waals surface area contributed by atoms with Crippen molar-refractivity contribution in [3.63, 3.8) is 0 Å². The predicted molar refractivity (Wildman–Crippen MR) is 89.2 cm³/mol. The first-order chi connectivity index (χ1) is 11.1. The quantitative estimate of drug-likeness (QED) is 0.415. The maximum atomic E-state index is 10.7. The SMILES string of the molecule is N#Cc1ccc(-n2c(Br)cnc2SCC(=O)[O-])c2ccccc12.[K+]. The number of hydrogen-bond acceptors (Lipinski definition) is 5. The van der Waals surface area contributed by atoms with E-state index in [9.17, 15) is 15.2 Å². The third-order valence-corrected chi connectivity index (χ3v) is 4.75. The van der Waals surface area contributed by atoms with Crippen molar-refractivity contribution >= 4 is 44.4 Å². The summed E-state index contributed by atoms with van der Waals surface area (Å²) in [6.45, 7) is 0. The normalized spacial score (nSPS) is 10.2. The number of aromatic nitrogens is 2. The summed E-state index contributed by atoms with van der Waals surface area (Å²) in [4.78, 5) is 14.9. The van der Waals surface area contributed by atoms with Crippen LogP contribution in [0.1, 0.15) is 5.56 Å².